The molecule has 0 spiro atoms. The number of phenolic OH excluding ortho intramolecular Hbond substituents is 1. The third kappa shape index (κ3) is 4.81. The smallest absolute Gasteiger partial charge is 0.279 e. The van der Waals surface area contributed by atoms with E-state index in [1.807, 2.05) is 21.1 Å². The summed E-state index contributed by atoms with van der Waals surface area (Å²) in [7, 11) is 8.49. The lowest BCUT2D eigenvalue weighted by Gasteiger charge is -2.52. The van der Waals surface area contributed by atoms with E-state index in [9.17, 15) is 39.0 Å². The zero-order valence-electron chi connectivity index (χ0n) is 25.2. The molecule has 5 N–H and O–H groups in total. The number of nitrogens with two attached hydrogens (primary N) is 1. The van der Waals surface area contributed by atoms with Crippen LogP contribution < -0.4 is 11.1 Å². The quantitative estimate of drug-likeness (QED) is 0.190. The maximum atomic E-state index is 14.2. The Bertz CT molecular complexity index is 1610. The highest BCUT2D eigenvalue weighted by Gasteiger charge is 2.69. The van der Waals surface area contributed by atoms with Crippen LogP contribution in [-0.2, 0) is 30.4 Å². The van der Waals surface area contributed by atoms with Gasteiger partial charge in [0.25, 0.3) is 5.91 Å². The fourth-order valence-electron chi connectivity index (χ4n) is 7.14. The molecule has 1 aromatic heterocycles. The number of aliphatic hydroxyl groups is 1. The van der Waals surface area contributed by atoms with Gasteiger partial charge in [-0.15, -0.1) is 0 Å². The number of phenols is 1. The predicted molar refractivity (Wildman–Crippen MR) is 156 cm³/mol. The summed E-state index contributed by atoms with van der Waals surface area (Å²) < 4.78 is 0.290. The summed E-state index contributed by atoms with van der Waals surface area (Å²) in [6.45, 7) is 0.0515. The second-order valence-corrected chi connectivity index (χ2v) is 13.2. The van der Waals surface area contributed by atoms with Crippen molar-refractivity contribution in [3.63, 3.8) is 0 Å². The zero-order chi connectivity index (χ0) is 32.5. The summed E-state index contributed by atoms with van der Waals surface area (Å²) in [4.78, 5) is 86.1. The van der Waals surface area contributed by atoms with Crippen molar-refractivity contribution in [2.45, 2.75) is 24.5 Å². The van der Waals surface area contributed by atoms with Crippen LogP contribution in [0.2, 0.25) is 0 Å². The first kappa shape index (κ1) is 31.1. The number of carbonyl (C=O) groups excluding carboxylic acids is 6. The van der Waals surface area contributed by atoms with Crippen LogP contribution in [0.4, 0.5) is 5.69 Å². The van der Waals surface area contributed by atoms with Crippen molar-refractivity contribution >= 4 is 40.6 Å². The van der Waals surface area contributed by atoms with Crippen LogP contribution >= 0.6 is 0 Å². The molecule has 0 saturated heterocycles. The number of anilines is 1. The van der Waals surface area contributed by atoms with Gasteiger partial charge >= 0.3 is 0 Å². The number of amides is 2. The van der Waals surface area contributed by atoms with E-state index in [0.717, 1.165) is 0 Å². The molecule has 5 rings (SSSR count). The van der Waals surface area contributed by atoms with Crippen molar-refractivity contribution < 1.29 is 43.5 Å². The number of quaternary nitrogens is 1. The number of hydrogen-bond donors (Lipinski definition) is 4. The Balaban J connectivity index is 1.67. The van der Waals surface area contributed by atoms with E-state index in [0.29, 0.717) is 21.3 Å². The van der Waals surface area contributed by atoms with Crippen LogP contribution in [0.25, 0.3) is 11.3 Å². The van der Waals surface area contributed by atoms with Gasteiger partial charge in [-0.25, -0.2) is 0 Å². The molecule has 0 bridgehead atoms. The van der Waals surface area contributed by atoms with Gasteiger partial charge in [-0.1, -0.05) is 6.07 Å². The maximum absolute atomic E-state index is 14.2. The molecule has 2 amide bonds. The van der Waals surface area contributed by atoms with Gasteiger partial charge in [0, 0.05) is 17.7 Å². The number of pyridine rings is 1. The van der Waals surface area contributed by atoms with Gasteiger partial charge in [-0.3, -0.25) is 38.7 Å². The fourth-order valence-corrected chi connectivity index (χ4v) is 7.14. The lowest BCUT2D eigenvalue weighted by molar-refractivity contribution is -0.861. The number of fused-ring (bicyclic) bond motifs is 3. The van der Waals surface area contributed by atoms with Crippen LogP contribution in [0, 0.1) is 23.7 Å². The summed E-state index contributed by atoms with van der Waals surface area (Å²) in [5.41, 5.74) is 3.57. The molecule has 13 nitrogen and oxygen atoms in total. The molecular formula is C31H36N5O8+. The SMILES string of the molecule is CN(C)[C@H]1C(=O)C(C(N)=O)C(=O)[C@@]2(O)C(=O)C3C(=O)c4c(O)c(NC(=O)C[N+](C)(C)C)cc(-c5ccccn5)c4C[C@H]3C[C@@H]12. The average Bonchev–Trinajstić information content (AvgIpc) is 2.91. The fraction of sp³-hybridized carbons (Fsp3) is 0.452. The summed E-state index contributed by atoms with van der Waals surface area (Å²) in [6.07, 6.45) is 1.55. The van der Waals surface area contributed by atoms with Crippen LogP contribution in [0.1, 0.15) is 22.3 Å². The van der Waals surface area contributed by atoms with Crippen LogP contribution in [0.3, 0.4) is 0 Å². The summed E-state index contributed by atoms with van der Waals surface area (Å²) in [5.74, 6) is -12.0. The number of primary amides is 1. The van der Waals surface area contributed by atoms with Crippen molar-refractivity contribution in [1.29, 1.82) is 0 Å². The topological polar surface area (TPSA) is 197 Å². The number of ketones is 4. The van der Waals surface area contributed by atoms with Crippen LogP contribution in [0.15, 0.2) is 30.5 Å². The maximum Gasteiger partial charge on any atom is 0.279 e. The molecular weight excluding hydrogens is 570 g/mol. The second-order valence-electron chi connectivity index (χ2n) is 13.2. The number of Topliss-reactive ketones (excluding diaryl/α,β-unsaturated/α-hetero) is 4. The normalized spacial score (nSPS) is 28.3. The summed E-state index contributed by atoms with van der Waals surface area (Å²) >= 11 is 0. The van der Waals surface area contributed by atoms with Gasteiger partial charge in [0.2, 0.25) is 5.91 Å². The third-order valence-corrected chi connectivity index (χ3v) is 8.89. The molecule has 2 fully saturated rings. The molecule has 1 heterocycles. The van der Waals surface area contributed by atoms with E-state index < -0.39 is 76.0 Å². The predicted octanol–water partition coefficient (Wildman–Crippen LogP) is -0.426. The van der Waals surface area contributed by atoms with Crippen molar-refractivity contribution in [2.24, 2.45) is 29.4 Å². The monoisotopic (exact) mass is 606 g/mol. The first-order valence-corrected chi connectivity index (χ1v) is 14.2. The number of likely N-dealkylation sites (N-methyl/N-ethyl adjacent to an activating group) is 2. The Kier molecular flexibility index (Phi) is 7.55. The zero-order valence-corrected chi connectivity index (χ0v) is 25.2. The number of rotatable bonds is 6. The van der Waals surface area contributed by atoms with Gasteiger partial charge in [0.05, 0.1) is 50.0 Å². The lowest BCUT2D eigenvalue weighted by Crippen LogP contribution is -2.74. The lowest BCUT2D eigenvalue weighted by atomic mass is 9.52. The number of nitrogens with zero attached hydrogens (tertiary/aromatic N) is 3. The van der Waals surface area contributed by atoms with E-state index >= 15 is 0 Å². The molecule has 6 atom stereocenters. The van der Waals surface area contributed by atoms with Crippen molar-refractivity contribution in [2.75, 3.05) is 47.1 Å². The Labute approximate surface area is 253 Å². The van der Waals surface area contributed by atoms with Crippen molar-refractivity contribution in [3.05, 3.63) is 41.6 Å². The first-order chi connectivity index (χ1) is 20.5. The van der Waals surface area contributed by atoms with E-state index in [4.69, 9.17) is 5.73 Å². The molecule has 44 heavy (non-hydrogen) atoms. The number of aromatic hydroxyl groups is 1. The van der Waals surface area contributed by atoms with E-state index in [1.54, 1.807) is 24.4 Å². The molecule has 0 aliphatic heterocycles. The van der Waals surface area contributed by atoms with Crippen molar-refractivity contribution in [3.8, 4) is 17.0 Å². The standard InChI is InChI=1S/C31H35N5O8/c1-35(2)24-17-11-14-10-16-15(18-8-6-7-9-33-18)12-19(34-20(37)13-36(3,4)5)25(38)22(16)26(39)21(14)28(41)31(17,44)29(42)23(27(24)40)30(32)43/h6-9,12,14,17,21,23-24,44H,10-11,13H2,1-5H3,(H3-,32,33,34,37,38,39,43)/p+1/t14-,17-,21?,23?,24+,31-/m0/s1. The van der Waals surface area contributed by atoms with Gasteiger partial charge in [-0.2, -0.15) is 0 Å². The Morgan fingerprint density at radius 1 is 1.14 bits per heavy atom. The number of hydrogen-bond acceptors (Lipinski definition) is 10. The van der Waals surface area contributed by atoms with Gasteiger partial charge < -0.3 is 25.7 Å². The Morgan fingerprint density at radius 3 is 2.39 bits per heavy atom. The molecule has 2 unspecified atom stereocenters. The number of aromatic nitrogens is 1. The average molecular weight is 607 g/mol. The highest BCUT2D eigenvalue weighted by molar-refractivity contribution is 6.32. The highest BCUT2D eigenvalue weighted by atomic mass is 16.3. The third-order valence-electron chi connectivity index (χ3n) is 8.89. The van der Waals surface area contributed by atoms with Crippen LogP contribution in [-0.4, -0.2) is 113 Å². The van der Waals surface area contributed by atoms with Gasteiger partial charge in [0.1, 0.15) is 5.75 Å². The van der Waals surface area contributed by atoms with Gasteiger partial charge in [-0.05, 0) is 56.6 Å². The number of carbonyl (C=O) groups is 6. The van der Waals surface area contributed by atoms with Crippen LogP contribution in [0.5, 0.6) is 5.75 Å². The summed E-state index contributed by atoms with van der Waals surface area (Å²) in [6, 6.07) is 5.49. The molecule has 13 heteroatoms. The Hall–Kier alpha value is -4.33. The number of nitrogens with one attached hydrogen (secondary N) is 1. The number of benzene rings is 1. The van der Waals surface area contributed by atoms with E-state index in [1.165, 1.54) is 25.1 Å². The first-order valence-electron chi connectivity index (χ1n) is 14.2. The molecule has 2 aromatic rings. The molecule has 0 radical (unpaired) electrons. The highest BCUT2D eigenvalue weighted by Crippen LogP contribution is 2.52. The molecule has 2 saturated carbocycles. The minimum atomic E-state index is -2.83. The molecule has 3 aliphatic rings. The minimum Gasteiger partial charge on any atom is -0.505 e. The minimum absolute atomic E-state index is 0.0515. The van der Waals surface area contributed by atoms with E-state index in [-0.39, 0.29) is 30.6 Å². The van der Waals surface area contributed by atoms with E-state index in [2.05, 4.69) is 10.3 Å². The molecule has 1 aromatic carbocycles. The second kappa shape index (κ2) is 10.7. The van der Waals surface area contributed by atoms with Gasteiger partial charge in [0.15, 0.2) is 41.2 Å². The molecule has 3 aliphatic carbocycles. The summed E-state index contributed by atoms with van der Waals surface area (Å²) in [5, 5.41) is 25.9. The Morgan fingerprint density at radius 2 is 1.82 bits per heavy atom. The van der Waals surface area contributed by atoms with Crippen molar-refractivity contribution in [1.82, 2.24) is 9.88 Å². The largest absolute Gasteiger partial charge is 0.505 e. The molecule has 232 valence electrons.